The molecule has 156 valence electrons. The quantitative estimate of drug-likeness (QED) is 0.703. The number of sulfonamides is 1. The summed E-state index contributed by atoms with van der Waals surface area (Å²) in [7, 11) is -5.66. The fourth-order valence-electron chi connectivity index (χ4n) is 3.72. The molecule has 1 amide bonds. The summed E-state index contributed by atoms with van der Waals surface area (Å²) in [6, 6.07) is 1.95. The maximum atomic E-state index is 13.9. The predicted molar refractivity (Wildman–Crippen MR) is 97.7 cm³/mol. The lowest BCUT2D eigenvalue weighted by Crippen LogP contribution is -2.46. The number of rotatable bonds is 4. The lowest BCUT2D eigenvalue weighted by molar-refractivity contribution is -0.137. The SMILES string of the molecule is CN(C(=O)C1CCN(S(=O)(=O)c2ccc(F)cc2F)CC1)C1CCS(=O)(=O)C1. The van der Waals surface area contributed by atoms with Gasteiger partial charge in [-0.3, -0.25) is 4.79 Å². The van der Waals surface area contributed by atoms with Crippen LogP contribution in [0.4, 0.5) is 8.78 Å². The van der Waals surface area contributed by atoms with E-state index in [4.69, 9.17) is 0 Å². The summed E-state index contributed by atoms with van der Waals surface area (Å²) in [4.78, 5) is 13.5. The van der Waals surface area contributed by atoms with Crippen LogP contribution in [-0.2, 0) is 24.7 Å². The number of amides is 1. The monoisotopic (exact) mass is 436 g/mol. The Balaban J connectivity index is 1.64. The summed E-state index contributed by atoms with van der Waals surface area (Å²) in [6.45, 7) is 0.0682. The average Bonchev–Trinajstić information content (AvgIpc) is 3.00. The van der Waals surface area contributed by atoms with Crippen LogP contribution in [0.5, 0.6) is 0 Å². The molecule has 3 rings (SSSR count). The second kappa shape index (κ2) is 7.68. The van der Waals surface area contributed by atoms with Gasteiger partial charge < -0.3 is 4.90 Å². The van der Waals surface area contributed by atoms with Crippen LogP contribution in [-0.4, -0.2) is 69.6 Å². The van der Waals surface area contributed by atoms with Crippen LogP contribution in [0, 0.1) is 17.6 Å². The number of nitrogens with zero attached hydrogens (tertiary/aromatic N) is 2. The van der Waals surface area contributed by atoms with Gasteiger partial charge in [0, 0.05) is 38.2 Å². The van der Waals surface area contributed by atoms with E-state index in [0.29, 0.717) is 12.5 Å². The minimum absolute atomic E-state index is 0.0341. The highest BCUT2D eigenvalue weighted by molar-refractivity contribution is 7.91. The molecule has 28 heavy (non-hydrogen) atoms. The summed E-state index contributed by atoms with van der Waals surface area (Å²) >= 11 is 0. The molecular formula is C17H22F2N2O5S2. The Morgan fingerprint density at radius 3 is 2.36 bits per heavy atom. The van der Waals surface area contributed by atoms with E-state index in [-0.39, 0.29) is 49.4 Å². The molecule has 0 spiro atoms. The van der Waals surface area contributed by atoms with Gasteiger partial charge in [0.1, 0.15) is 16.5 Å². The number of carbonyl (C=O) groups excluding carboxylic acids is 1. The fraction of sp³-hybridized carbons (Fsp3) is 0.588. The second-order valence-corrected chi connectivity index (χ2v) is 11.4. The first-order valence-corrected chi connectivity index (χ1v) is 12.2. The molecular weight excluding hydrogens is 414 g/mol. The van der Waals surface area contributed by atoms with E-state index >= 15 is 0 Å². The Hall–Kier alpha value is -1.59. The Labute approximate surface area is 163 Å². The first-order valence-electron chi connectivity index (χ1n) is 8.93. The van der Waals surface area contributed by atoms with Crippen molar-refractivity contribution >= 4 is 25.8 Å². The van der Waals surface area contributed by atoms with E-state index < -0.39 is 42.3 Å². The number of halogens is 2. The third kappa shape index (κ3) is 4.20. The predicted octanol–water partition coefficient (Wildman–Crippen LogP) is 1.01. The van der Waals surface area contributed by atoms with Crippen molar-refractivity contribution in [2.24, 2.45) is 5.92 Å². The molecule has 1 unspecified atom stereocenters. The molecule has 2 aliphatic rings. The molecule has 2 saturated heterocycles. The van der Waals surface area contributed by atoms with Crippen LogP contribution in [0.15, 0.2) is 23.1 Å². The number of carbonyl (C=O) groups is 1. The molecule has 2 heterocycles. The third-order valence-corrected chi connectivity index (χ3v) is 9.10. The van der Waals surface area contributed by atoms with Crippen molar-refractivity contribution in [3.63, 3.8) is 0 Å². The van der Waals surface area contributed by atoms with Crippen LogP contribution in [0.1, 0.15) is 19.3 Å². The van der Waals surface area contributed by atoms with Crippen molar-refractivity contribution in [3.05, 3.63) is 29.8 Å². The molecule has 11 heteroatoms. The third-order valence-electron chi connectivity index (χ3n) is 5.42. The molecule has 7 nitrogen and oxygen atoms in total. The molecule has 0 aliphatic carbocycles. The van der Waals surface area contributed by atoms with Crippen LogP contribution in [0.2, 0.25) is 0 Å². The maximum absolute atomic E-state index is 13.9. The van der Waals surface area contributed by atoms with Crippen LogP contribution >= 0.6 is 0 Å². The van der Waals surface area contributed by atoms with Crippen molar-refractivity contribution in [2.75, 3.05) is 31.6 Å². The Morgan fingerprint density at radius 2 is 1.82 bits per heavy atom. The molecule has 0 aromatic heterocycles. The number of hydrogen-bond acceptors (Lipinski definition) is 5. The van der Waals surface area contributed by atoms with E-state index in [1.54, 1.807) is 7.05 Å². The summed E-state index contributed by atoms with van der Waals surface area (Å²) in [5.41, 5.74) is 0. The van der Waals surface area contributed by atoms with Crippen LogP contribution in [0.3, 0.4) is 0 Å². The van der Waals surface area contributed by atoms with Gasteiger partial charge in [-0.25, -0.2) is 25.6 Å². The summed E-state index contributed by atoms with van der Waals surface area (Å²) in [6.07, 6.45) is 0.914. The van der Waals surface area contributed by atoms with E-state index in [1.165, 1.54) is 4.90 Å². The normalized spacial score (nSPS) is 23.6. The zero-order chi connectivity index (χ0) is 20.7. The zero-order valence-corrected chi connectivity index (χ0v) is 17.0. The molecule has 0 radical (unpaired) electrons. The van der Waals surface area contributed by atoms with E-state index in [9.17, 15) is 30.4 Å². The summed E-state index contributed by atoms with van der Waals surface area (Å²) in [5.74, 6) is -2.62. The number of sulfone groups is 1. The van der Waals surface area contributed by atoms with Crippen molar-refractivity contribution in [1.82, 2.24) is 9.21 Å². The van der Waals surface area contributed by atoms with Gasteiger partial charge in [-0.1, -0.05) is 0 Å². The Kier molecular flexibility index (Phi) is 5.79. The first-order chi connectivity index (χ1) is 13.0. The van der Waals surface area contributed by atoms with Crippen molar-refractivity contribution in [2.45, 2.75) is 30.2 Å². The van der Waals surface area contributed by atoms with Crippen LogP contribution < -0.4 is 0 Å². The van der Waals surface area contributed by atoms with Gasteiger partial charge in [0.15, 0.2) is 9.84 Å². The Morgan fingerprint density at radius 1 is 1.18 bits per heavy atom. The van der Waals surface area contributed by atoms with Crippen LogP contribution in [0.25, 0.3) is 0 Å². The van der Waals surface area contributed by atoms with Gasteiger partial charge in [-0.2, -0.15) is 4.31 Å². The van der Waals surface area contributed by atoms with Gasteiger partial charge in [-0.05, 0) is 31.4 Å². The minimum Gasteiger partial charge on any atom is -0.341 e. The van der Waals surface area contributed by atoms with E-state index in [2.05, 4.69) is 0 Å². The lowest BCUT2D eigenvalue weighted by Gasteiger charge is -2.34. The lowest BCUT2D eigenvalue weighted by atomic mass is 9.96. The highest BCUT2D eigenvalue weighted by atomic mass is 32.2. The molecule has 2 fully saturated rings. The molecule has 2 aliphatic heterocycles. The fourth-order valence-corrected chi connectivity index (χ4v) is 7.00. The van der Waals surface area contributed by atoms with E-state index in [1.807, 2.05) is 0 Å². The zero-order valence-electron chi connectivity index (χ0n) is 15.3. The summed E-state index contributed by atoms with van der Waals surface area (Å²) < 4.78 is 76.5. The average molecular weight is 437 g/mol. The standard InChI is InChI=1S/C17H22F2N2O5S2/c1-20(14-6-9-27(23,24)11-14)17(22)12-4-7-21(8-5-12)28(25,26)16-3-2-13(18)10-15(16)19/h2-3,10,12,14H,4-9,11H2,1H3. The van der Waals surface area contributed by atoms with Crippen molar-refractivity contribution in [1.29, 1.82) is 0 Å². The molecule has 1 aromatic rings. The molecule has 1 atom stereocenters. The first kappa shape index (κ1) is 21.1. The molecule has 0 N–H and O–H groups in total. The number of piperidine rings is 1. The van der Waals surface area contributed by atoms with Gasteiger partial charge in [0.2, 0.25) is 15.9 Å². The van der Waals surface area contributed by atoms with E-state index in [0.717, 1.165) is 16.4 Å². The van der Waals surface area contributed by atoms with Gasteiger partial charge in [0.25, 0.3) is 0 Å². The second-order valence-electron chi connectivity index (χ2n) is 7.26. The molecule has 0 bridgehead atoms. The topological polar surface area (TPSA) is 91.8 Å². The van der Waals surface area contributed by atoms with Crippen molar-refractivity contribution in [3.8, 4) is 0 Å². The maximum Gasteiger partial charge on any atom is 0.245 e. The number of benzene rings is 1. The Bertz CT molecular complexity index is 973. The molecule has 0 saturated carbocycles. The highest BCUT2D eigenvalue weighted by Crippen LogP contribution is 2.28. The minimum atomic E-state index is -4.12. The summed E-state index contributed by atoms with van der Waals surface area (Å²) in [5, 5.41) is 0. The molecule has 1 aromatic carbocycles. The van der Waals surface area contributed by atoms with Crippen molar-refractivity contribution < 1.29 is 30.4 Å². The number of hydrogen-bond donors (Lipinski definition) is 0. The van der Waals surface area contributed by atoms with Gasteiger partial charge in [-0.15, -0.1) is 0 Å². The largest absolute Gasteiger partial charge is 0.341 e. The highest BCUT2D eigenvalue weighted by Gasteiger charge is 2.38. The smallest absolute Gasteiger partial charge is 0.245 e. The van der Waals surface area contributed by atoms with Gasteiger partial charge in [0.05, 0.1) is 11.5 Å². The van der Waals surface area contributed by atoms with Gasteiger partial charge >= 0.3 is 0 Å².